The number of aromatic nitrogens is 3. The molecule has 112 valence electrons. The molecule has 0 bridgehead atoms. The first-order valence-electron chi connectivity index (χ1n) is 5.37. The topological polar surface area (TPSA) is 125 Å². The van der Waals surface area contributed by atoms with Gasteiger partial charge in [0.2, 0.25) is 0 Å². The Hall–Kier alpha value is -1.26. The zero-order valence-electron chi connectivity index (χ0n) is 10.2. The predicted molar refractivity (Wildman–Crippen MR) is 62.2 cm³/mol. The first-order valence-corrected chi connectivity index (χ1v) is 6.78. The van der Waals surface area contributed by atoms with Gasteiger partial charge in [0.1, 0.15) is 15.6 Å². The molecule has 1 heterocycles. The number of carbonyl (C=O) groups excluding carboxylic acids is 1. The monoisotopic (exact) mass is 391 g/mol. The van der Waals surface area contributed by atoms with Gasteiger partial charge in [-0.15, -0.1) is 5.10 Å². The fraction of sp³-hybridized carbons (Fsp3) is 0.300. The van der Waals surface area contributed by atoms with Crippen LogP contribution in [0.2, 0.25) is 0 Å². The number of nitrogens with one attached hydrogen (secondary N) is 1. The summed E-state index contributed by atoms with van der Waals surface area (Å²) in [4.78, 5) is 10.9. The number of hydrogen-bond donors (Lipinski definition) is 1. The molecule has 0 atom stereocenters. The van der Waals surface area contributed by atoms with Gasteiger partial charge in [-0.3, -0.25) is 9.89 Å². The van der Waals surface area contributed by atoms with Crippen molar-refractivity contribution in [2.45, 2.75) is 18.2 Å². The summed E-state index contributed by atoms with van der Waals surface area (Å²) in [6.07, 6.45) is -0.312. The van der Waals surface area contributed by atoms with Crippen LogP contribution in [-0.2, 0) is 48.5 Å². The molecule has 0 radical (unpaired) electrons. The quantitative estimate of drug-likeness (QED) is 0.440. The van der Waals surface area contributed by atoms with Gasteiger partial charge < -0.3 is 9.29 Å². The minimum Gasteiger partial charge on any atom is -0.744 e. The summed E-state index contributed by atoms with van der Waals surface area (Å²) in [5.41, 5.74) is 0.286. The van der Waals surface area contributed by atoms with Crippen LogP contribution in [0.5, 0.6) is 0 Å². The number of rotatable bonds is 4. The molecular formula is C10H10AgN3O5S. The summed E-state index contributed by atoms with van der Waals surface area (Å²) in [7, 11) is -4.77. The molecule has 0 spiro atoms. The van der Waals surface area contributed by atoms with E-state index in [0.717, 1.165) is 0 Å². The van der Waals surface area contributed by atoms with Crippen LogP contribution in [0, 0.1) is 0 Å². The fourth-order valence-electron chi connectivity index (χ4n) is 1.72. The van der Waals surface area contributed by atoms with Gasteiger partial charge in [-0.25, -0.2) is 8.42 Å². The number of H-pyrrole nitrogens is 1. The molecule has 1 N–H and O–H groups in total. The summed E-state index contributed by atoms with van der Waals surface area (Å²) < 4.78 is 38.7. The van der Waals surface area contributed by atoms with Gasteiger partial charge in [0.15, 0.2) is 0 Å². The van der Waals surface area contributed by atoms with Crippen LogP contribution in [0.1, 0.15) is 12.5 Å². The Kier molecular flexibility index (Phi) is 5.42. The Balaban J connectivity index is 0.00000200. The number of ether oxygens (including phenoxy) is 1. The van der Waals surface area contributed by atoms with Crippen LogP contribution in [-0.4, -0.2) is 41.0 Å². The van der Waals surface area contributed by atoms with Crippen molar-refractivity contribution in [3.63, 3.8) is 0 Å². The molecule has 0 saturated carbocycles. The Labute approximate surface area is 130 Å². The van der Waals surface area contributed by atoms with Crippen molar-refractivity contribution >= 4 is 27.1 Å². The van der Waals surface area contributed by atoms with E-state index in [1.54, 1.807) is 6.92 Å². The van der Waals surface area contributed by atoms with Gasteiger partial charge in [0.25, 0.3) is 0 Å². The van der Waals surface area contributed by atoms with E-state index in [4.69, 9.17) is 4.74 Å². The van der Waals surface area contributed by atoms with Gasteiger partial charge in [-0.05, 0) is 18.6 Å². The number of nitrogens with zero attached hydrogens (tertiary/aromatic N) is 2. The first-order chi connectivity index (χ1) is 8.93. The molecule has 0 aliphatic carbocycles. The minimum atomic E-state index is -4.77. The Bertz CT molecular complexity index is 728. The van der Waals surface area contributed by atoms with Crippen molar-refractivity contribution in [2.24, 2.45) is 0 Å². The maximum absolute atomic E-state index is 11.4. The third kappa shape index (κ3) is 3.44. The van der Waals surface area contributed by atoms with E-state index >= 15 is 0 Å². The third-order valence-electron chi connectivity index (χ3n) is 2.42. The van der Waals surface area contributed by atoms with Crippen LogP contribution in [0.3, 0.4) is 0 Å². The van der Waals surface area contributed by atoms with Crippen LogP contribution in [0.25, 0.3) is 11.0 Å². The zero-order valence-corrected chi connectivity index (χ0v) is 12.5. The summed E-state index contributed by atoms with van der Waals surface area (Å²) in [6.45, 7) is 1.80. The second-order valence-electron chi connectivity index (χ2n) is 3.70. The van der Waals surface area contributed by atoms with Crippen molar-refractivity contribution in [3.05, 3.63) is 17.7 Å². The van der Waals surface area contributed by atoms with Gasteiger partial charge in [0.05, 0.1) is 23.4 Å². The summed E-state index contributed by atoms with van der Waals surface area (Å²) in [6, 6.07) is 2.86. The number of carbonyl (C=O) groups is 1. The Morgan fingerprint density at radius 3 is 2.75 bits per heavy atom. The van der Waals surface area contributed by atoms with Crippen molar-refractivity contribution in [2.75, 3.05) is 6.61 Å². The predicted octanol–water partition coefficient (Wildman–Crippen LogP) is -0.0349. The summed E-state index contributed by atoms with van der Waals surface area (Å²) in [5, 5.41) is 9.46. The van der Waals surface area contributed by atoms with Gasteiger partial charge in [-0.1, -0.05) is 11.3 Å². The molecule has 0 amide bonds. The standard InChI is InChI=1S/C10H11N3O5S.Ag/c1-2-18-8(14)5-6-3-4-7-9(12-13-11-7)10(6)19(15,16)17;/h3-4H,2,5H2,1H3,(H,11,12,13)(H,15,16,17);/q;+1/p-1. The summed E-state index contributed by atoms with van der Waals surface area (Å²) in [5.74, 6) is -0.616. The van der Waals surface area contributed by atoms with Crippen LogP contribution < -0.4 is 0 Å². The molecule has 0 unspecified atom stereocenters. The summed E-state index contributed by atoms with van der Waals surface area (Å²) >= 11 is 0. The molecule has 0 aliphatic heterocycles. The number of hydrogen-bond acceptors (Lipinski definition) is 7. The van der Waals surface area contributed by atoms with E-state index in [1.807, 2.05) is 0 Å². The smallest absolute Gasteiger partial charge is 0.744 e. The van der Waals surface area contributed by atoms with E-state index < -0.39 is 21.0 Å². The average molecular weight is 392 g/mol. The number of aromatic amines is 1. The average Bonchev–Trinajstić information content (AvgIpc) is 2.74. The van der Waals surface area contributed by atoms with Crippen LogP contribution in [0.15, 0.2) is 17.0 Å². The molecule has 2 rings (SSSR count). The van der Waals surface area contributed by atoms with Crippen molar-refractivity contribution < 1.29 is 44.9 Å². The Morgan fingerprint density at radius 1 is 1.45 bits per heavy atom. The largest absolute Gasteiger partial charge is 1.00 e. The molecule has 1 aromatic heterocycles. The van der Waals surface area contributed by atoms with E-state index in [1.165, 1.54) is 12.1 Å². The van der Waals surface area contributed by atoms with Gasteiger partial charge in [0, 0.05) is 0 Å². The van der Waals surface area contributed by atoms with Crippen molar-refractivity contribution in [1.29, 1.82) is 0 Å². The van der Waals surface area contributed by atoms with Crippen molar-refractivity contribution in [3.8, 4) is 0 Å². The molecule has 0 aliphatic rings. The first kappa shape index (κ1) is 16.8. The normalized spacial score (nSPS) is 11.1. The zero-order chi connectivity index (χ0) is 14.0. The molecule has 10 heteroatoms. The second kappa shape index (κ2) is 6.46. The van der Waals surface area contributed by atoms with E-state index in [0.29, 0.717) is 5.52 Å². The number of esters is 1. The minimum absolute atomic E-state index is 0. The second-order valence-corrected chi connectivity index (χ2v) is 5.01. The Morgan fingerprint density at radius 2 is 2.15 bits per heavy atom. The molecule has 0 fully saturated rings. The van der Waals surface area contributed by atoms with Gasteiger partial charge in [-0.2, -0.15) is 0 Å². The SMILES string of the molecule is CCOC(=O)Cc1ccc2[nH]nnc2c1S(=O)(=O)[O-].[Ag+]. The maximum Gasteiger partial charge on any atom is 1.00 e. The van der Waals surface area contributed by atoms with Crippen molar-refractivity contribution in [1.82, 2.24) is 15.4 Å². The maximum atomic E-state index is 11.4. The molecular weight excluding hydrogens is 382 g/mol. The number of benzene rings is 1. The molecule has 0 saturated heterocycles. The molecule has 2 aromatic rings. The van der Waals surface area contributed by atoms with E-state index in [-0.39, 0.29) is 46.5 Å². The van der Waals surface area contributed by atoms with Gasteiger partial charge >= 0.3 is 28.3 Å². The van der Waals surface area contributed by atoms with Crippen LogP contribution in [0.4, 0.5) is 0 Å². The molecule has 20 heavy (non-hydrogen) atoms. The van der Waals surface area contributed by atoms with E-state index in [2.05, 4.69) is 15.4 Å². The number of fused-ring (bicyclic) bond motifs is 1. The fourth-order valence-corrected chi connectivity index (χ4v) is 2.57. The molecule has 8 nitrogen and oxygen atoms in total. The van der Waals surface area contributed by atoms with Crippen LogP contribution >= 0.6 is 0 Å². The molecule has 1 aromatic carbocycles. The third-order valence-corrected chi connectivity index (χ3v) is 3.38. The van der Waals surface area contributed by atoms with E-state index in [9.17, 15) is 17.8 Å².